The molecule has 0 bridgehead atoms. The molecule has 0 atom stereocenters. The number of ether oxygens (including phenoxy) is 1. The van der Waals surface area contributed by atoms with E-state index in [1.165, 1.54) is 23.1 Å². The molecule has 4 aromatic rings. The molecule has 1 aromatic carbocycles. The molecule has 0 radical (unpaired) electrons. The fourth-order valence-electron chi connectivity index (χ4n) is 3.16. The molecule has 10 heteroatoms. The molecule has 1 N–H and O–H groups in total. The van der Waals surface area contributed by atoms with Crippen molar-refractivity contribution < 1.29 is 13.9 Å². The van der Waals surface area contributed by atoms with Gasteiger partial charge in [0.1, 0.15) is 18.0 Å². The number of furan rings is 1. The summed E-state index contributed by atoms with van der Waals surface area (Å²) in [5, 5.41) is 11.2. The van der Waals surface area contributed by atoms with Crippen molar-refractivity contribution in [3.05, 3.63) is 87.6 Å². The van der Waals surface area contributed by atoms with Crippen LogP contribution in [0.3, 0.4) is 0 Å². The van der Waals surface area contributed by atoms with Crippen molar-refractivity contribution in [2.24, 2.45) is 0 Å². The van der Waals surface area contributed by atoms with Crippen LogP contribution in [-0.4, -0.2) is 39.1 Å². The molecular weight excluding hydrogens is 426 g/mol. The molecule has 0 aliphatic heterocycles. The van der Waals surface area contributed by atoms with Crippen LogP contribution in [0.15, 0.2) is 80.9 Å². The molecule has 0 unspecified atom stereocenters. The molecule has 168 valence electrons. The van der Waals surface area contributed by atoms with Crippen molar-refractivity contribution in [1.29, 1.82) is 0 Å². The lowest BCUT2D eigenvalue weighted by atomic mass is 10.1. The highest BCUT2D eigenvalue weighted by atomic mass is 16.5. The zero-order valence-electron chi connectivity index (χ0n) is 17.8. The van der Waals surface area contributed by atoms with Crippen molar-refractivity contribution >= 4 is 5.91 Å². The van der Waals surface area contributed by atoms with Gasteiger partial charge in [-0.2, -0.15) is 10.2 Å². The molecule has 0 aliphatic rings. The number of carbonyl (C=O) groups is 1. The molecule has 3 aromatic heterocycles. The fourth-order valence-corrected chi connectivity index (χ4v) is 3.16. The lowest BCUT2D eigenvalue weighted by Crippen LogP contribution is -2.36. The van der Waals surface area contributed by atoms with Gasteiger partial charge in [0.05, 0.1) is 25.6 Å². The SMILES string of the molecule is COc1cccc(-c2ccc(=O)n(CC(=O)NCCn3nc(-c4ccco4)ccc3=O)n2)c1. The Hall–Kier alpha value is -4.47. The molecule has 10 nitrogen and oxygen atoms in total. The summed E-state index contributed by atoms with van der Waals surface area (Å²) >= 11 is 0. The Balaban J connectivity index is 1.40. The highest BCUT2D eigenvalue weighted by Crippen LogP contribution is 2.21. The monoisotopic (exact) mass is 447 g/mol. The smallest absolute Gasteiger partial charge is 0.267 e. The lowest BCUT2D eigenvalue weighted by Gasteiger charge is -2.10. The number of hydrogen-bond donors (Lipinski definition) is 1. The number of methoxy groups -OCH3 is 1. The van der Waals surface area contributed by atoms with Gasteiger partial charge in [0.25, 0.3) is 11.1 Å². The predicted octanol–water partition coefficient (Wildman–Crippen LogP) is 1.55. The summed E-state index contributed by atoms with van der Waals surface area (Å²) in [6.07, 6.45) is 1.52. The maximum absolute atomic E-state index is 12.4. The number of amides is 1. The van der Waals surface area contributed by atoms with Crippen molar-refractivity contribution in [1.82, 2.24) is 24.9 Å². The van der Waals surface area contributed by atoms with E-state index in [0.717, 1.165) is 10.2 Å². The molecule has 0 saturated carbocycles. The zero-order valence-corrected chi connectivity index (χ0v) is 17.8. The van der Waals surface area contributed by atoms with Gasteiger partial charge in [-0.15, -0.1) is 0 Å². The average molecular weight is 447 g/mol. The van der Waals surface area contributed by atoms with Crippen LogP contribution in [0.5, 0.6) is 5.75 Å². The number of hydrogen-bond acceptors (Lipinski definition) is 7. The topological polar surface area (TPSA) is 121 Å². The summed E-state index contributed by atoms with van der Waals surface area (Å²) in [6, 6.07) is 16.6. The quantitative estimate of drug-likeness (QED) is 0.435. The second-order valence-corrected chi connectivity index (χ2v) is 7.05. The third-order valence-corrected chi connectivity index (χ3v) is 4.81. The Labute approximate surface area is 188 Å². The third-order valence-electron chi connectivity index (χ3n) is 4.81. The van der Waals surface area contributed by atoms with E-state index in [2.05, 4.69) is 15.5 Å². The first-order chi connectivity index (χ1) is 16.0. The standard InChI is InChI=1S/C23H21N5O5/c1-32-17-5-2-4-16(14-17)18-7-9-23(31)28(25-18)15-21(29)24-11-12-27-22(30)10-8-19(26-27)20-6-3-13-33-20/h2-10,13-14H,11-12,15H2,1H3,(H,24,29). The molecule has 0 spiro atoms. The minimum atomic E-state index is -0.414. The number of nitrogens with zero attached hydrogens (tertiary/aromatic N) is 4. The molecule has 0 fully saturated rings. The van der Waals surface area contributed by atoms with Crippen LogP contribution in [0, 0.1) is 0 Å². The van der Waals surface area contributed by atoms with Crippen molar-refractivity contribution in [2.45, 2.75) is 13.1 Å². The number of carbonyl (C=O) groups excluding carboxylic acids is 1. The average Bonchev–Trinajstić information content (AvgIpc) is 3.37. The van der Waals surface area contributed by atoms with Crippen LogP contribution in [0.25, 0.3) is 22.7 Å². The normalized spacial score (nSPS) is 10.7. The van der Waals surface area contributed by atoms with E-state index in [0.29, 0.717) is 22.9 Å². The number of nitrogens with one attached hydrogen (secondary N) is 1. The van der Waals surface area contributed by atoms with Crippen LogP contribution in [-0.2, 0) is 17.9 Å². The molecule has 3 heterocycles. The van der Waals surface area contributed by atoms with E-state index < -0.39 is 11.5 Å². The van der Waals surface area contributed by atoms with Gasteiger partial charge in [0, 0.05) is 24.2 Å². The third kappa shape index (κ3) is 5.24. The second kappa shape index (κ2) is 9.77. The Bertz CT molecular complexity index is 1370. The molecule has 4 rings (SSSR count). The molecule has 0 aliphatic carbocycles. The number of rotatable bonds is 8. The highest BCUT2D eigenvalue weighted by molar-refractivity contribution is 5.75. The Morgan fingerprint density at radius 2 is 1.73 bits per heavy atom. The highest BCUT2D eigenvalue weighted by Gasteiger charge is 2.10. The summed E-state index contributed by atoms with van der Waals surface area (Å²) in [5.41, 5.74) is 1.09. The second-order valence-electron chi connectivity index (χ2n) is 7.05. The Morgan fingerprint density at radius 3 is 2.48 bits per heavy atom. The minimum absolute atomic E-state index is 0.150. The lowest BCUT2D eigenvalue weighted by molar-refractivity contribution is -0.121. The molecule has 1 amide bonds. The van der Waals surface area contributed by atoms with Gasteiger partial charge >= 0.3 is 0 Å². The summed E-state index contributed by atoms with van der Waals surface area (Å²) in [5.74, 6) is 0.779. The first-order valence-electron chi connectivity index (χ1n) is 10.1. The molecule has 0 saturated heterocycles. The van der Waals surface area contributed by atoms with Crippen LogP contribution in [0.1, 0.15) is 0 Å². The van der Waals surface area contributed by atoms with Crippen molar-refractivity contribution in [3.63, 3.8) is 0 Å². The van der Waals surface area contributed by atoms with Gasteiger partial charge in [-0.25, -0.2) is 9.36 Å². The van der Waals surface area contributed by atoms with E-state index in [-0.39, 0.29) is 25.2 Å². The maximum Gasteiger partial charge on any atom is 0.267 e. The van der Waals surface area contributed by atoms with Crippen LogP contribution in [0.2, 0.25) is 0 Å². The largest absolute Gasteiger partial charge is 0.497 e. The van der Waals surface area contributed by atoms with E-state index in [1.807, 2.05) is 12.1 Å². The first-order valence-corrected chi connectivity index (χ1v) is 10.1. The zero-order chi connectivity index (χ0) is 23.2. The van der Waals surface area contributed by atoms with Crippen LogP contribution >= 0.6 is 0 Å². The van der Waals surface area contributed by atoms with Crippen molar-refractivity contribution in [3.8, 4) is 28.5 Å². The summed E-state index contributed by atoms with van der Waals surface area (Å²) < 4.78 is 12.8. The summed E-state index contributed by atoms with van der Waals surface area (Å²) in [4.78, 5) is 36.6. The van der Waals surface area contributed by atoms with Gasteiger partial charge in [-0.1, -0.05) is 12.1 Å². The summed E-state index contributed by atoms with van der Waals surface area (Å²) in [7, 11) is 1.56. The Kier molecular flexibility index (Phi) is 6.44. The van der Waals surface area contributed by atoms with Crippen LogP contribution < -0.4 is 21.2 Å². The van der Waals surface area contributed by atoms with Crippen LogP contribution in [0.4, 0.5) is 0 Å². The van der Waals surface area contributed by atoms with Gasteiger partial charge in [-0.05, 0) is 36.4 Å². The molecule has 33 heavy (non-hydrogen) atoms. The van der Waals surface area contributed by atoms with E-state index in [9.17, 15) is 14.4 Å². The van der Waals surface area contributed by atoms with E-state index in [1.54, 1.807) is 43.5 Å². The minimum Gasteiger partial charge on any atom is -0.497 e. The maximum atomic E-state index is 12.4. The van der Waals surface area contributed by atoms with Gasteiger partial charge in [-0.3, -0.25) is 14.4 Å². The number of benzene rings is 1. The van der Waals surface area contributed by atoms with Crippen molar-refractivity contribution in [2.75, 3.05) is 13.7 Å². The van der Waals surface area contributed by atoms with Gasteiger partial charge in [0.2, 0.25) is 5.91 Å². The van der Waals surface area contributed by atoms with Gasteiger partial charge < -0.3 is 14.5 Å². The van der Waals surface area contributed by atoms with Gasteiger partial charge in [0.15, 0.2) is 5.76 Å². The first kappa shape index (κ1) is 21.8. The number of aromatic nitrogens is 4. The van der Waals surface area contributed by atoms with E-state index in [4.69, 9.17) is 9.15 Å². The molecular formula is C23H21N5O5. The van der Waals surface area contributed by atoms with E-state index >= 15 is 0 Å². The fraction of sp³-hybridized carbons (Fsp3) is 0.174. The summed E-state index contributed by atoms with van der Waals surface area (Å²) in [6.45, 7) is 0.0500. The Morgan fingerprint density at radius 1 is 0.970 bits per heavy atom. The predicted molar refractivity (Wildman–Crippen MR) is 120 cm³/mol.